The van der Waals surface area contributed by atoms with E-state index in [1.54, 1.807) is 24.2 Å². The third-order valence-electron chi connectivity index (χ3n) is 3.95. The average Bonchev–Trinajstić information content (AvgIpc) is 2.96. The molecule has 0 aromatic carbocycles. The fourth-order valence-electron chi connectivity index (χ4n) is 2.75. The maximum Gasteiger partial charge on any atom is 0.340 e. The number of pyridine rings is 1. The molecule has 3 rings (SSSR count). The number of aromatic nitrogens is 4. The number of hydrogen-bond donors (Lipinski definition) is 2. The molecule has 2 aromatic heterocycles. The Morgan fingerprint density at radius 2 is 2.18 bits per heavy atom. The van der Waals surface area contributed by atoms with Crippen LogP contribution in [0, 0.1) is 0 Å². The lowest BCUT2D eigenvalue weighted by Crippen LogP contribution is -2.39. The van der Waals surface area contributed by atoms with Crippen molar-refractivity contribution >= 4 is 5.91 Å². The number of piperidine rings is 1. The summed E-state index contributed by atoms with van der Waals surface area (Å²) in [6.45, 7) is 0.577. The van der Waals surface area contributed by atoms with Crippen LogP contribution < -0.4 is 11.2 Å². The Morgan fingerprint density at radius 3 is 2.86 bits per heavy atom. The van der Waals surface area contributed by atoms with E-state index in [1.165, 1.54) is 10.6 Å². The SMILES string of the molecule is Cn1ccc(C(=O)N2CCCCC2c2n[nH]c(=O)[nH]2)cc1=O. The van der Waals surface area contributed by atoms with Gasteiger partial charge in [-0.1, -0.05) is 0 Å². The molecule has 22 heavy (non-hydrogen) atoms. The molecule has 116 valence electrons. The molecule has 2 N–H and O–H groups in total. The van der Waals surface area contributed by atoms with Crippen molar-refractivity contribution in [3.05, 3.63) is 50.6 Å². The van der Waals surface area contributed by atoms with E-state index in [-0.39, 0.29) is 23.2 Å². The zero-order valence-corrected chi connectivity index (χ0v) is 12.2. The summed E-state index contributed by atoms with van der Waals surface area (Å²) in [7, 11) is 1.63. The quantitative estimate of drug-likeness (QED) is 0.825. The molecule has 1 aliphatic rings. The standard InChI is InChI=1S/C14H17N5O3/c1-18-7-5-9(8-11(18)20)13(21)19-6-3-2-4-10(19)12-15-14(22)17-16-12/h5,7-8,10H,2-4,6H2,1H3,(H2,15,16,17,22). The Labute approximate surface area is 125 Å². The predicted molar refractivity (Wildman–Crippen MR) is 78.5 cm³/mol. The molecule has 0 saturated carbocycles. The van der Waals surface area contributed by atoms with Gasteiger partial charge in [-0.3, -0.25) is 14.6 Å². The topological polar surface area (TPSA) is 104 Å². The second-order valence-electron chi connectivity index (χ2n) is 5.44. The molecule has 8 nitrogen and oxygen atoms in total. The van der Waals surface area contributed by atoms with Crippen LogP contribution in [-0.2, 0) is 7.05 Å². The van der Waals surface area contributed by atoms with Crippen molar-refractivity contribution in [3.8, 4) is 0 Å². The van der Waals surface area contributed by atoms with Gasteiger partial charge in [0.05, 0.1) is 6.04 Å². The van der Waals surface area contributed by atoms with Gasteiger partial charge in [0.2, 0.25) is 0 Å². The fraction of sp³-hybridized carbons (Fsp3) is 0.429. The highest BCUT2D eigenvalue weighted by Gasteiger charge is 2.31. The van der Waals surface area contributed by atoms with E-state index in [9.17, 15) is 14.4 Å². The molecule has 0 spiro atoms. The first-order chi connectivity index (χ1) is 10.6. The highest BCUT2D eigenvalue weighted by Crippen LogP contribution is 2.29. The molecule has 1 saturated heterocycles. The lowest BCUT2D eigenvalue weighted by Gasteiger charge is -2.34. The molecule has 1 amide bonds. The summed E-state index contributed by atoms with van der Waals surface area (Å²) >= 11 is 0. The highest BCUT2D eigenvalue weighted by molar-refractivity contribution is 5.94. The molecule has 8 heteroatoms. The largest absolute Gasteiger partial charge is 0.340 e. The number of hydrogen-bond acceptors (Lipinski definition) is 4. The number of nitrogens with one attached hydrogen (secondary N) is 2. The van der Waals surface area contributed by atoms with Gasteiger partial charge in [0.15, 0.2) is 5.82 Å². The molecule has 3 heterocycles. The zero-order chi connectivity index (χ0) is 15.7. The summed E-state index contributed by atoms with van der Waals surface area (Å²) < 4.78 is 1.41. The Bertz CT molecular complexity index is 803. The van der Waals surface area contributed by atoms with E-state index in [2.05, 4.69) is 15.2 Å². The van der Waals surface area contributed by atoms with Crippen LogP contribution in [-0.4, -0.2) is 37.1 Å². The number of aromatic amines is 2. The summed E-state index contributed by atoms with van der Waals surface area (Å²) in [4.78, 5) is 39.9. The van der Waals surface area contributed by atoms with Gasteiger partial charge in [-0.25, -0.2) is 9.89 Å². The van der Waals surface area contributed by atoms with Crippen LogP contribution in [0.5, 0.6) is 0 Å². The van der Waals surface area contributed by atoms with Crippen molar-refractivity contribution in [3.63, 3.8) is 0 Å². The molecule has 2 aromatic rings. The fourth-order valence-corrected chi connectivity index (χ4v) is 2.75. The first kappa shape index (κ1) is 14.3. The van der Waals surface area contributed by atoms with Crippen molar-refractivity contribution in [2.75, 3.05) is 6.54 Å². The Hall–Kier alpha value is -2.64. The maximum absolute atomic E-state index is 12.7. The van der Waals surface area contributed by atoms with Crippen LogP contribution in [0.15, 0.2) is 27.9 Å². The minimum absolute atomic E-state index is 0.216. The lowest BCUT2D eigenvalue weighted by atomic mass is 10.0. The maximum atomic E-state index is 12.7. The van der Waals surface area contributed by atoms with Crippen molar-refractivity contribution in [1.82, 2.24) is 24.6 Å². The van der Waals surface area contributed by atoms with Gasteiger partial charge >= 0.3 is 5.69 Å². The number of carbonyl (C=O) groups is 1. The van der Waals surface area contributed by atoms with Gasteiger partial charge < -0.3 is 9.47 Å². The second-order valence-corrected chi connectivity index (χ2v) is 5.44. The molecule has 0 aliphatic carbocycles. The van der Waals surface area contributed by atoms with Gasteiger partial charge in [0.1, 0.15) is 0 Å². The van der Waals surface area contributed by atoms with Crippen molar-refractivity contribution in [1.29, 1.82) is 0 Å². The molecule has 1 unspecified atom stereocenters. The Kier molecular flexibility index (Phi) is 3.66. The molecule has 1 aliphatic heterocycles. The summed E-state index contributed by atoms with van der Waals surface area (Å²) in [6, 6.07) is 2.69. The van der Waals surface area contributed by atoms with E-state index in [0.717, 1.165) is 19.3 Å². The molecule has 0 radical (unpaired) electrons. The number of carbonyl (C=O) groups excluding carboxylic acids is 1. The average molecular weight is 303 g/mol. The van der Waals surface area contributed by atoms with Crippen LogP contribution in [0.1, 0.15) is 41.5 Å². The Balaban J connectivity index is 1.92. The lowest BCUT2D eigenvalue weighted by molar-refractivity contribution is 0.0600. The highest BCUT2D eigenvalue weighted by atomic mass is 16.2. The van der Waals surface area contributed by atoms with E-state index in [1.807, 2.05) is 0 Å². The smallest absolute Gasteiger partial charge is 0.328 e. The van der Waals surface area contributed by atoms with Gasteiger partial charge in [-0.2, -0.15) is 5.10 Å². The van der Waals surface area contributed by atoms with Crippen LogP contribution in [0.25, 0.3) is 0 Å². The number of H-pyrrole nitrogens is 2. The molecule has 1 atom stereocenters. The number of aryl methyl sites for hydroxylation is 1. The van der Waals surface area contributed by atoms with E-state index >= 15 is 0 Å². The molecule has 1 fully saturated rings. The normalized spacial score (nSPS) is 18.4. The van der Waals surface area contributed by atoms with Crippen LogP contribution in [0.4, 0.5) is 0 Å². The number of nitrogens with zero attached hydrogens (tertiary/aromatic N) is 3. The van der Waals surface area contributed by atoms with Crippen LogP contribution in [0.3, 0.4) is 0 Å². The summed E-state index contributed by atoms with van der Waals surface area (Å²) in [5.41, 5.74) is -0.262. The van der Waals surface area contributed by atoms with Crippen LogP contribution in [0.2, 0.25) is 0 Å². The first-order valence-corrected chi connectivity index (χ1v) is 7.18. The van der Waals surface area contributed by atoms with Gasteiger partial charge in [-0.05, 0) is 25.3 Å². The molecular formula is C14H17N5O3. The summed E-state index contributed by atoms with van der Waals surface area (Å²) in [5, 5.41) is 6.27. The van der Waals surface area contributed by atoms with E-state index < -0.39 is 0 Å². The molecular weight excluding hydrogens is 286 g/mol. The zero-order valence-electron chi connectivity index (χ0n) is 12.2. The third kappa shape index (κ3) is 2.59. The van der Waals surface area contributed by atoms with Gasteiger partial charge in [0, 0.05) is 31.4 Å². The Morgan fingerprint density at radius 1 is 1.36 bits per heavy atom. The second kappa shape index (κ2) is 5.63. The minimum Gasteiger partial charge on any atom is -0.328 e. The minimum atomic E-state index is -0.387. The van der Waals surface area contributed by atoms with Crippen molar-refractivity contribution < 1.29 is 4.79 Å². The van der Waals surface area contributed by atoms with E-state index in [4.69, 9.17) is 0 Å². The monoisotopic (exact) mass is 303 g/mol. The summed E-state index contributed by atoms with van der Waals surface area (Å²) in [6.07, 6.45) is 4.16. The van der Waals surface area contributed by atoms with Crippen LogP contribution >= 0.6 is 0 Å². The molecule has 0 bridgehead atoms. The van der Waals surface area contributed by atoms with E-state index in [0.29, 0.717) is 17.9 Å². The number of likely N-dealkylation sites (tertiary alicyclic amines) is 1. The first-order valence-electron chi connectivity index (χ1n) is 7.18. The number of amides is 1. The number of rotatable bonds is 2. The van der Waals surface area contributed by atoms with Crippen molar-refractivity contribution in [2.24, 2.45) is 7.05 Å². The van der Waals surface area contributed by atoms with Gasteiger partial charge in [-0.15, -0.1) is 0 Å². The van der Waals surface area contributed by atoms with Crippen molar-refractivity contribution in [2.45, 2.75) is 25.3 Å². The van der Waals surface area contributed by atoms with Gasteiger partial charge in [0.25, 0.3) is 11.5 Å². The third-order valence-corrected chi connectivity index (χ3v) is 3.95. The predicted octanol–water partition coefficient (Wildman–Crippen LogP) is 0.164. The summed E-state index contributed by atoms with van der Waals surface area (Å²) in [5.74, 6) is 0.244.